The first-order chi connectivity index (χ1) is 9.39. The molecule has 1 saturated heterocycles. The van der Waals surface area contributed by atoms with Crippen molar-refractivity contribution < 1.29 is 22.1 Å². The highest BCUT2D eigenvalue weighted by Gasteiger charge is 2.26. The molecule has 1 aromatic carbocycles. The first kappa shape index (κ1) is 14.8. The molecule has 0 unspecified atom stereocenters. The zero-order valence-corrected chi connectivity index (χ0v) is 12.2. The van der Waals surface area contributed by atoms with Crippen molar-refractivity contribution in [2.75, 3.05) is 26.0 Å². The predicted octanol–water partition coefficient (Wildman–Crippen LogP) is 0.945. The third-order valence-corrected chi connectivity index (χ3v) is 3.52. The molecule has 2 rings (SSSR count). The van der Waals surface area contributed by atoms with Gasteiger partial charge in [-0.1, -0.05) is 12.1 Å². The molecule has 1 aliphatic rings. The Balaban J connectivity index is 2.08. The van der Waals surface area contributed by atoms with E-state index in [-0.39, 0.29) is 24.4 Å². The average molecular weight is 299 g/mol. The molecule has 0 bridgehead atoms. The first-order valence-corrected chi connectivity index (χ1v) is 8.09. The number of ether oxygens (including phenoxy) is 1. The van der Waals surface area contributed by atoms with Crippen molar-refractivity contribution in [3.63, 3.8) is 0 Å². The van der Waals surface area contributed by atoms with Gasteiger partial charge in [0, 0.05) is 6.54 Å². The lowest BCUT2D eigenvalue weighted by Gasteiger charge is -2.32. The number of benzene rings is 1. The van der Waals surface area contributed by atoms with Crippen molar-refractivity contribution in [3.8, 4) is 5.75 Å². The summed E-state index contributed by atoms with van der Waals surface area (Å²) in [5.74, 6) is 0.247. The summed E-state index contributed by atoms with van der Waals surface area (Å²) in [6, 6.07) is 6.64. The summed E-state index contributed by atoms with van der Waals surface area (Å²) in [5.41, 5.74) is 0.886. The van der Waals surface area contributed by atoms with Gasteiger partial charge in [-0.15, -0.1) is 0 Å². The maximum atomic E-state index is 11.5. The molecule has 110 valence electrons. The molecular formula is C13H17NO5S. The summed E-state index contributed by atoms with van der Waals surface area (Å²) in [6.45, 7) is 3.14. The molecule has 0 aromatic heterocycles. The Bertz CT molecular complexity index is 581. The van der Waals surface area contributed by atoms with Gasteiger partial charge in [0.2, 0.25) is 5.91 Å². The zero-order valence-electron chi connectivity index (χ0n) is 11.4. The number of carbonyl (C=O) groups excluding carboxylic acids is 1. The van der Waals surface area contributed by atoms with Gasteiger partial charge in [0.05, 0.1) is 12.8 Å². The molecule has 0 N–H and O–H groups in total. The van der Waals surface area contributed by atoms with Crippen LogP contribution in [0.5, 0.6) is 5.75 Å². The molecule has 20 heavy (non-hydrogen) atoms. The van der Waals surface area contributed by atoms with Crippen LogP contribution in [0.15, 0.2) is 24.3 Å². The number of amides is 1. The summed E-state index contributed by atoms with van der Waals surface area (Å²) < 4.78 is 32.3. The van der Waals surface area contributed by atoms with Gasteiger partial charge in [-0.2, -0.15) is 8.42 Å². The minimum Gasteiger partial charge on any atom is -0.383 e. The number of rotatable bonds is 4. The average Bonchev–Trinajstić information content (AvgIpc) is 2.38. The fourth-order valence-electron chi connectivity index (χ4n) is 2.04. The summed E-state index contributed by atoms with van der Waals surface area (Å²) in [4.78, 5) is 13.3. The predicted molar refractivity (Wildman–Crippen MR) is 72.9 cm³/mol. The minimum atomic E-state index is -3.52. The van der Waals surface area contributed by atoms with Crippen LogP contribution in [0.3, 0.4) is 0 Å². The van der Waals surface area contributed by atoms with Crippen LogP contribution in [0.25, 0.3) is 0 Å². The summed E-state index contributed by atoms with van der Waals surface area (Å²) in [7, 11) is -3.52. The lowest BCUT2D eigenvalue weighted by Crippen LogP contribution is -2.42. The van der Waals surface area contributed by atoms with Crippen molar-refractivity contribution in [2.45, 2.75) is 13.0 Å². The van der Waals surface area contributed by atoms with Gasteiger partial charge in [-0.3, -0.25) is 4.79 Å². The zero-order chi connectivity index (χ0) is 14.8. The Hall–Kier alpha value is -1.60. The molecule has 1 aromatic rings. The minimum absolute atomic E-state index is 0.0132. The molecule has 1 fully saturated rings. The van der Waals surface area contributed by atoms with Crippen molar-refractivity contribution in [2.24, 2.45) is 0 Å². The van der Waals surface area contributed by atoms with E-state index in [0.717, 1.165) is 11.8 Å². The topological polar surface area (TPSA) is 72.9 Å². The van der Waals surface area contributed by atoms with E-state index >= 15 is 0 Å². The van der Waals surface area contributed by atoms with E-state index in [2.05, 4.69) is 0 Å². The Morgan fingerprint density at radius 2 is 2.00 bits per heavy atom. The number of hydrogen-bond acceptors (Lipinski definition) is 5. The van der Waals surface area contributed by atoms with E-state index in [1.807, 2.05) is 6.92 Å². The molecule has 1 heterocycles. The van der Waals surface area contributed by atoms with Gasteiger partial charge >= 0.3 is 10.1 Å². The molecular weight excluding hydrogens is 282 g/mol. The highest BCUT2D eigenvalue weighted by atomic mass is 32.2. The third-order valence-electron chi connectivity index (χ3n) is 3.03. The van der Waals surface area contributed by atoms with Gasteiger partial charge in [0.1, 0.15) is 18.5 Å². The molecule has 0 aliphatic carbocycles. The molecule has 0 spiro atoms. The molecule has 6 nitrogen and oxygen atoms in total. The van der Waals surface area contributed by atoms with E-state index in [1.165, 1.54) is 0 Å². The van der Waals surface area contributed by atoms with Gasteiger partial charge < -0.3 is 13.8 Å². The lowest BCUT2D eigenvalue weighted by atomic mass is 10.1. The number of hydrogen-bond donors (Lipinski definition) is 0. The number of carbonyl (C=O) groups is 1. The third kappa shape index (κ3) is 3.71. The second kappa shape index (κ2) is 5.80. The Morgan fingerprint density at radius 3 is 2.55 bits per heavy atom. The summed E-state index contributed by atoms with van der Waals surface area (Å²) >= 11 is 0. The second-order valence-corrected chi connectivity index (χ2v) is 6.16. The quantitative estimate of drug-likeness (QED) is 0.774. The normalized spacial score (nSPS) is 20.0. The van der Waals surface area contributed by atoms with Gasteiger partial charge in [-0.25, -0.2) is 0 Å². The number of morpholine rings is 1. The van der Waals surface area contributed by atoms with Gasteiger partial charge in [-0.05, 0) is 24.6 Å². The van der Waals surface area contributed by atoms with Crippen molar-refractivity contribution in [3.05, 3.63) is 29.8 Å². The smallest absolute Gasteiger partial charge is 0.306 e. The molecule has 1 aliphatic heterocycles. The molecule has 0 radical (unpaired) electrons. The Kier molecular flexibility index (Phi) is 4.29. The fraction of sp³-hybridized carbons (Fsp3) is 0.462. The van der Waals surface area contributed by atoms with Crippen LogP contribution in [0, 0.1) is 0 Å². The largest absolute Gasteiger partial charge is 0.383 e. The fourth-order valence-corrected chi connectivity index (χ4v) is 2.50. The van der Waals surface area contributed by atoms with E-state index in [0.29, 0.717) is 13.1 Å². The van der Waals surface area contributed by atoms with Crippen molar-refractivity contribution >= 4 is 16.0 Å². The van der Waals surface area contributed by atoms with Crippen LogP contribution in [0.4, 0.5) is 0 Å². The van der Waals surface area contributed by atoms with E-state index in [1.54, 1.807) is 29.2 Å². The van der Waals surface area contributed by atoms with Crippen LogP contribution >= 0.6 is 0 Å². The van der Waals surface area contributed by atoms with Crippen molar-refractivity contribution in [1.82, 2.24) is 4.90 Å². The molecule has 1 amide bonds. The SMILES string of the molecule is CCN1C[C@@H](c2ccc(OS(C)(=O)=O)cc2)OCC1=O. The van der Waals surface area contributed by atoms with Crippen LogP contribution in [0.1, 0.15) is 18.6 Å². The van der Waals surface area contributed by atoms with Crippen LogP contribution in [-0.4, -0.2) is 45.2 Å². The van der Waals surface area contributed by atoms with E-state index in [4.69, 9.17) is 8.92 Å². The van der Waals surface area contributed by atoms with Crippen molar-refractivity contribution in [1.29, 1.82) is 0 Å². The summed E-state index contributed by atoms with van der Waals surface area (Å²) in [6.07, 6.45) is 0.801. The monoisotopic (exact) mass is 299 g/mol. The number of nitrogens with zero attached hydrogens (tertiary/aromatic N) is 1. The standard InChI is InChI=1S/C13H17NO5S/c1-3-14-8-12(18-9-13(14)15)10-4-6-11(7-5-10)19-20(2,16)17/h4-7,12H,3,8-9H2,1-2H3/t12-/m0/s1. The maximum Gasteiger partial charge on any atom is 0.306 e. The highest BCUT2D eigenvalue weighted by Crippen LogP contribution is 2.25. The van der Waals surface area contributed by atoms with Crippen LogP contribution in [0.2, 0.25) is 0 Å². The first-order valence-electron chi connectivity index (χ1n) is 6.28. The Labute approximate surface area is 118 Å². The molecule has 1 atom stereocenters. The van der Waals surface area contributed by atoms with Crippen LogP contribution < -0.4 is 4.18 Å². The maximum absolute atomic E-state index is 11.5. The Morgan fingerprint density at radius 1 is 1.35 bits per heavy atom. The number of likely N-dealkylation sites (N-methyl/N-ethyl adjacent to an activating group) is 1. The van der Waals surface area contributed by atoms with E-state index < -0.39 is 10.1 Å². The highest BCUT2D eigenvalue weighted by molar-refractivity contribution is 7.86. The van der Waals surface area contributed by atoms with Gasteiger partial charge in [0.15, 0.2) is 0 Å². The molecule has 0 saturated carbocycles. The molecule has 7 heteroatoms. The van der Waals surface area contributed by atoms with Gasteiger partial charge in [0.25, 0.3) is 0 Å². The lowest BCUT2D eigenvalue weighted by molar-refractivity contribution is -0.148. The summed E-state index contributed by atoms with van der Waals surface area (Å²) in [5, 5.41) is 0. The van der Waals surface area contributed by atoms with E-state index in [9.17, 15) is 13.2 Å². The second-order valence-electron chi connectivity index (χ2n) is 4.59. The van der Waals surface area contributed by atoms with Crippen LogP contribution in [-0.2, 0) is 19.6 Å².